The van der Waals surface area contributed by atoms with Gasteiger partial charge >= 0.3 is 5.97 Å². The lowest BCUT2D eigenvalue weighted by Crippen LogP contribution is -2.13. The van der Waals surface area contributed by atoms with E-state index in [4.69, 9.17) is 4.74 Å². The maximum atomic E-state index is 12.4. The Morgan fingerprint density at radius 3 is 2.30 bits per heavy atom. The number of aryl methyl sites for hydroxylation is 2. The number of hydrogen-bond acceptors (Lipinski definition) is 4. The standard InChI is InChI=1S/C14H19BrO4S/c1-4-19-13(16)6-5-7-20(17,18)14-10(2)8-12(15)9-11(14)3/h8-9H,4-7H2,1-3H3. The molecular weight excluding hydrogens is 344 g/mol. The summed E-state index contributed by atoms with van der Waals surface area (Å²) >= 11 is 3.35. The van der Waals surface area contributed by atoms with E-state index >= 15 is 0 Å². The summed E-state index contributed by atoms with van der Waals surface area (Å²) in [6, 6.07) is 3.57. The number of esters is 1. The van der Waals surface area contributed by atoms with Gasteiger partial charge in [-0.25, -0.2) is 8.42 Å². The Hall–Kier alpha value is -0.880. The Morgan fingerprint density at radius 1 is 1.25 bits per heavy atom. The molecule has 0 bridgehead atoms. The monoisotopic (exact) mass is 362 g/mol. The molecule has 0 atom stereocenters. The third kappa shape index (κ3) is 4.59. The molecular formula is C14H19BrO4S. The van der Waals surface area contributed by atoms with E-state index < -0.39 is 9.84 Å². The van der Waals surface area contributed by atoms with Crippen molar-refractivity contribution in [1.82, 2.24) is 0 Å². The van der Waals surface area contributed by atoms with E-state index in [0.29, 0.717) is 22.6 Å². The van der Waals surface area contributed by atoms with Crippen LogP contribution in [0.3, 0.4) is 0 Å². The van der Waals surface area contributed by atoms with E-state index in [1.807, 2.05) is 0 Å². The van der Waals surface area contributed by atoms with Crippen molar-refractivity contribution in [2.75, 3.05) is 12.4 Å². The molecule has 20 heavy (non-hydrogen) atoms. The number of benzene rings is 1. The topological polar surface area (TPSA) is 60.4 Å². The number of carbonyl (C=O) groups excluding carboxylic acids is 1. The minimum atomic E-state index is -3.38. The molecule has 0 fully saturated rings. The Bertz CT molecular complexity index is 570. The molecule has 0 saturated heterocycles. The molecule has 1 rings (SSSR count). The van der Waals surface area contributed by atoms with Crippen molar-refractivity contribution in [2.24, 2.45) is 0 Å². The second-order valence-electron chi connectivity index (χ2n) is 4.60. The molecule has 6 heteroatoms. The van der Waals surface area contributed by atoms with Gasteiger partial charge in [-0.1, -0.05) is 15.9 Å². The fourth-order valence-corrected chi connectivity index (χ4v) is 4.64. The van der Waals surface area contributed by atoms with Gasteiger partial charge < -0.3 is 4.74 Å². The highest BCUT2D eigenvalue weighted by atomic mass is 79.9. The summed E-state index contributed by atoms with van der Waals surface area (Å²) in [5, 5.41) is 0. The highest BCUT2D eigenvalue weighted by Crippen LogP contribution is 2.26. The van der Waals surface area contributed by atoms with Crippen molar-refractivity contribution < 1.29 is 17.9 Å². The van der Waals surface area contributed by atoms with E-state index in [1.54, 1.807) is 32.9 Å². The van der Waals surface area contributed by atoms with Crippen LogP contribution in [-0.2, 0) is 19.4 Å². The second-order valence-corrected chi connectivity index (χ2v) is 7.56. The van der Waals surface area contributed by atoms with Gasteiger partial charge in [0.15, 0.2) is 9.84 Å². The Morgan fingerprint density at radius 2 is 1.80 bits per heavy atom. The van der Waals surface area contributed by atoms with Crippen LogP contribution in [0.15, 0.2) is 21.5 Å². The molecule has 0 aliphatic rings. The third-order valence-corrected chi connectivity index (χ3v) is 5.39. The smallest absolute Gasteiger partial charge is 0.305 e. The van der Waals surface area contributed by atoms with E-state index in [2.05, 4.69) is 15.9 Å². The number of carbonyl (C=O) groups is 1. The van der Waals surface area contributed by atoms with Gasteiger partial charge in [-0.3, -0.25) is 4.79 Å². The van der Waals surface area contributed by atoms with E-state index in [1.165, 1.54) is 0 Å². The predicted octanol–water partition coefficient (Wildman–Crippen LogP) is 3.18. The number of rotatable bonds is 6. The summed E-state index contributed by atoms with van der Waals surface area (Å²) in [5.74, 6) is -0.401. The van der Waals surface area contributed by atoms with Gasteiger partial charge in [0.1, 0.15) is 0 Å². The van der Waals surface area contributed by atoms with Crippen LogP contribution in [0.2, 0.25) is 0 Å². The van der Waals surface area contributed by atoms with E-state index in [0.717, 1.165) is 4.47 Å². The minimum absolute atomic E-state index is 0.0465. The third-order valence-electron chi connectivity index (χ3n) is 2.84. The summed E-state index contributed by atoms with van der Waals surface area (Å²) in [5.41, 5.74) is 1.43. The maximum Gasteiger partial charge on any atom is 0.305 e. The molecule has 0 N–H and O–H groups in total. The van der Waals surface area contributed by atoms with Crippen molar-refractivity contribution in [2.45, 2.75) is 38.5 Å². The lowest BCUT2D eigenvalue weighted by molar-refractivity contribution is -0.143. The fourth-order valence-electron chi connectivity index (χ4n) is 2.13. The lowest BCUT2D eigenvalue weighted by atomic mass is 10.2. The van der Waals surface area contributed by atoms with Crippen LogP contribution < -0.4 is 0 Å². The zero-order valence-corrected chi connectivity index (χ0v) is 14.3. The molecule has 1 aromatic carbocycles. The maximum absolute atomic E-state index is 12.4. The highest BCUT2D eigenvalue weighted by molar-refractivity contribution is 9.10. The Balaban J connectivity index is 2.82. The molecule has 0 unspecified atom stereocenters. The van der Waals surface area contributed by atoms with Crippen molar-refractivity contribution in [3.63, 3.8) is 0 Å². The summed E-state index contributed by atoms with van der Waals surface area (Å²) in [4.78, 5) is 11.6. The van der Waals surface area contributed by atoms with Crippen LogP contribution in [0.4, 0.5) is 0 Å². The number of hydrogen-bond donors (Lipinski definition) is 0. The van der Waals surface area contributed by atoms with Gasteiger partial charge in [0.25, 0.3) is 0 Å². The molecule has 0 aliphatic carbocycles. The van der Waals surface area contributed by atoms with Crippen LogP contribution >= 0.6 is 15.9 Å². The molecule has 0 radical (unpaired) electrons. The van der Waals surface area contributed by atoms with Crippen LogP contribution in [0.25, 0.3) is 0 Å². The van der Waals surface area contributed by atoms with Crippen LogP contribution in [0.1, 0.15) is 30.9 Å². The van der Waals surface area contributed by atoms with Gasteiger partial charge in [0.2, 0.25) is 0 Å². The average molecular weight is 363 g/mol. The normalized spacial score (nSPS) is 11.4. The first-order chi connectivity index (χ1) is 9.27. The number of sulfone groups is 1. The minimum Gasteiger partial charge on any atom is -0.466 e. The predicted molar refractivity (Wildman–Crippen MR) is 81.5 cm³/mol. The van der Waals surface area contributed by atoms with Gasteiger partial charge in [-0.2, -0.15) is 0 Å². The molecule has 0 aliphatic heterocycles. The van der Waals surface area contributed by atoms with Gasteiger partial charge in [-0.15, -0.1) is 0 Å². The van der Waals surface area contributed by atoms with E-state index in [9.17, 15) is 13.2 Å². The Labute approximate surface area is 128 Å². The molecule has 0 aromatic heterocycles. The molecule has 0 amide bonds. The van der Waals surface area contributed by atoms with Crippen LogP contribution in [-0.4, -0.2) is 26.7 Å². The first kappa shape index (κ1) is 17.2. The molecule has 0 saturated carbocycles. The summed E-state index contributed by atoms with van der Waals surface area (Å²) in [6.45, 7) is 5.59. The van der Waals surface area contributed by atoms with Gasteiger partial charge in [0.05, 0.1) is 17.3 Å². The summed E-state index contributed by atoms with van der Waals surface area (Å²) in [7, 11) is -3.38. The molecule has 4 nitrogen and oxygen atoms in total. The first-order valence-corrected chi connectivity index (χ1v) is 8.87. The average Bonchev–Trinajstić information content (AvgIpc) is 2.26. The zero-order chi connectivity index (χ0) is 15.3. The second kappa shape index (κ2) is 7.22. The van der Waals surface area contributed by atoms with Gasteiger partial charge in [-0.05, 0) is 50.5 Å². The van der Waals surface area contributed by atoms with E-state index in [-0.39, 0.29) is 24.6 Å². The first-order valence-electron chi connectivity index (χ1n) is 6.43. The van der Waals surface area contributed by atoms with Crippen LogP contribution in [0.5, 0.6) is 0 Å². The number of ether oxygens (including phenoxy) is 1. The lowest BCUT2D eigenvalue weighted by Gasteiger charge is -2.11. The largest absolute Gasteiger partial charge is 0.466 e. The fraction of sp³-hybridized carbons (Fsp3) is 0.500. The molecule has 0 heterocycles. The molecule has 0 spiro atoms. The quantitative estimate of drug-likeness (QED) is 0.729. The Kier molecular flexibility index (Phi) is 6.20. The van der Waals surface area contributed by atoms with Crippen LogP contribution in [0, 0.1) is 13.8 Å². The molecule has 112 valence electrons. The van der Waals surface area contributed by atoms with Gasteiger partial charge in [0, 0.05) is 10.9 Å². The SMILES string of the molecule is CCOC(=O)CCCS(=O)(=O)c1c(C)cc(Br)cc1C. The summed E-state index contributed by atoms with van der Waals surface area (Å²) in [6.07, 6.45) is 0.401. The molecule has 1 aromatic rings. The zero-order valence-electron chi connectivity index (χ0n) is 11.9. The number of halogens is 1. The highest BCUT2D eigenvalue weighted by Gasteiger charge is 2.20. The van der Waals surface area contributed by atoms with Crippen molar-refractivity contribution in [1.29, 1.82) is 0 Å². The van der Waals surface area contributed by atoms with Crippen molar-refractivity contribution in [3.8, 4) is 0 Å². The van der Waals surface area contributed by atoms with Crippen molar-refractivity contribution in [3.05, 3.63) is 27.7 Å². The summed E-state index contributed by atoms with van der Waals surface area (Å²) < 4.78 is 30.4. The van der Waals surface area contributed by atoms with Crippen molar-refractivity contribution >= 4 is 31.7 Å².